The van der Waals surface area contributed by atoms with Crippen LogP contribution in [0.3, 0.4) is 0 Å². The fourth-order valence-electron chi connectivity index (χ4n) is 10.6. The summed E-state index contributed by atoms with van der Waals surface area (Å²) in [6, 6.07) is 42.4. The molecule has 3 aliphatic rings. The maximum atomic E-state index is 4.17. The second-order valence-corrected chi connectivity index (χ2v) is 22.5. The van der Waals surface area contributed by atoms with Crippen molar-refractivity contribution >= 4 is 72.3 Å². The van der Waals surface area contributed by atoms with Gasteiger partial charge in [0.15, 0.2) is 0 Å². The lowest BCUT2D eigenvalue weighted by Crippen LogP contribution is -2.59. The Bertz CT molecular complexity index is 2890. The predicted octanol–water partition coefficient (Wildman–Crippen LogP) is 14.2. The third kappa shape index (κ3) is 5.95. The first kappa shape index (κ1) is 39.1. The standard InChI is InChI=1S/C56H59BN2S/c1-33-17-13-14-18-38(33)39-19-15-16-20-40(39)48-34(2)29-46-49-50(48)58-45-26-23-36(54(6,7)8)30-44(45)57(49)52-51(59(46)37-24-21-35(22-25-37)53(3,4)5)41-31-42-43(32-47(41)60-52)56(11,12)28-27-55(42,9)10/h13-26,29-32,58H,27-28H2,1-12H3. The minimum absolute atomic E-state index is 0.0117. The molecule has 0 spiro atoms. The molecule has 0 radical (unpaired) electrons. The molecule has 2 nitrogen and oxygen atoms in total. The zero-order valence-corrected chi connectivity index (χ0v) is 38.6. The highest BCUT2D eigenvalue weighted by atomic mass is 32.1. The van der Waals surface area contributed by atoms with Gasteiger partial charge in [-0.05, 0) is 146 Å². The third-order valence-electron chi connectivity index (χ3n) is 14.3. The number of anilines is 5. The molecule has 0 atom stereocenters. The summed E-state index contributed by atoms with van der Waals surface area (Å²) in [5.41, 5.74) is 22.7. The topological polar surface area (TPSA) is 15.3 Å². The van der Waals surface area contributed by atoms with E-state index in [2.05, 4.69) is 202 Å². The Hall–Kier alpha value is -5.06. The average molecular weight is 803 g/mol. The first-order valence-corrected chi connectivity index (χ1v) is 22.9. The zero-order valence-electron chi connectivity index (χ0n) is 37.7. The van der Waals surface area contributed by atoms with Gasteiger partial charge in [-0.3, -0.25) is 0 Å². The summed E-state index contributed by atoms with van der Waals surface area (Å²) >= 11 is 2.03. The summed E-state index contributed by atoms with van der Waals surface area (Å²) in [5, 5.41) is 5.55. The molecule has 4 heteroatoms. The summed E-state index contributed by atoms with van der Waals surface area (Å²) in [7, 11) is 0. The molecule has 0 saturated carbocycles. The van der Waals surface area contributed by atoms with E-state index in [0.717, 1.165) is 0 Å². The minimum Gasteiger partial charge on any atom is -0.356 e. The van der Waals surface area contributed by atoms with Crippen LogP contribution in [0.4, 0.5) is 28.4 Å². The van der Waals surface area contributed by atoms with Crippen molar-refractivity contribution in [3.63, 3.8) is 0 Å². The lowest BCUT2D eigenvalue weighted by molar-refractivity contribution is 0.332. The first-order chi connectivity index (χ1) is 28.3. The molecule has 1 aliphatic carbocycles. The fraction of sp³-hybridized carbons (Fsp3) is 0.321. The van der Waals surface area contributed by atoms with Gasteiger partial charge in [0.1, 0.15) is 0 Å². The van der Waals surface area contributed by atoms with Crippen LogP contribution >= 0.6 is 11.3 Å². The van der Waals surface area contributed by atoms with Gasteiger partial charge in [-0.25, -0.2) is 0 Å². The summed E-state index contributed by atoms with van der Waals surface area (Å²) < 4.78 is 2.83. The van der Waals surface area contributed by atoms with Gasteiger partial charge in [-0.2, -0.15) is 0 Å². The number of fused-ring (bicyclic) bond motifs is 7. The van der Waals surface area contributed by atoms with Crippen LogP contribution in [-0.4, -0.2) is 6.71 Å². The van der Waals surface area contributed by atoms with E-state index < -0.39 is 0 Å². The summed E-state index contributed by atoms with van der Waals surface area (Å²) in [6.07, 6.45) is 2.39. The Labute approximate surface area is 363 Å². The molecular formula is C56H59BN2S. The molecule has 7 aromatic rings. The van der Waals surface area contributed by atoms with Crippen molar-refractivity contribution in [2.75, 3.05) is 10.2 Å². The maximum absolute atomic E-state index is 4.17. The van der Waals surface area contributed by atoms with Gasteiger partial charge in [0.2, 0.25) is 0 Å². The lowest BCUT2D eigenvalue weighted by Gasteiger charge is -2.42. The molecule has 0 amide bonds. The van der Waals surface area contributed by atoms with Gasteiger partial charge in [-0.15, -0.1) is 11.3 Å². The van der Waals surface area contributed by atoms with Crippen molar-refractivity contribution in [2.24, 2.45) is 0 Å². The highest BCUT2D eigenvalue weighted by Crippen LogP contribution is 2.53. The number of thiophene rings is 1. The van der Waals surface area contributed by atoms with E-state index in [4.69, 9.17) is 0 Å². The second kappa shape index (κ2) is 13.2. The van der Waals surface area contributed by atoms with Crippen molar-refractivity contribution in [3.05, 3.63) is 143 Å². The Balaban J connectivity index is 1.33. The summed E-state index contributed by atoms with van der Waals surface area (Å²) in [4.78, 5) is 2.65. The van der Waals surface area contributed by atoms with Crippen LogP contribution in [-0.2, 0) is 21.7 Å². The molecule has 1 aromatic heterocycles. The van der Waals surface area contributed by atoms with Crippen molar-refractivity contribution in [1.82, 2.24) is 0 Å². The highest BCUT2D eigenvalue weighted by Gasteiger charge is 2.46. The van der Waals surface area contributed by atoms with Crippen molar-refractivity contribution in [3.8, 4) is 22.3 Å². The molecule has 0 saturated heterocycles. The Kier molecular flexibility index (Phi) is 8.62. The van der Waals surface area contributed by atoms with E-state index in [-0.39, 0.29) is 28.4 Å². The monoisotopic (exact) mass is 802 g/mol. The Morgan fingerprint density at radius 3 is 1.88 bits per heavy atom. The molecule has 6 aromatic carbocycles. The molecule has 10 rings (SSSR count). The van der Waals surface area contributed by atoms with E-state index in [1.54, 1.807) is 0 Å². The number of rotatable bonds is 3. The zero-order chi connectivity index (χ0) is 42.3. The van der Waals surface area contributed by atoms with Crippen molar-refractivity contribution in [2.45, 2.75) is 118 Å². The Morgan fingerprint density at radius 1 is 0.633 bits per heavy atom. The van der Waals surface area contributed by atoms with E-state index in [1.165, 1.54) is 123 Å². The molecule has 60 heavy (non-hydrogen) atoms. The normalized spacial score (nSPS) is 16.2. The molecule has 0 bridgehead atoms. The number of hydrogen-bond acceptors (Lipinski definition) is 3. The predicted molar refractivity (Wildman–Crippen MR) is 264 cm³/mol. The summed E-state index contributed by atoms with van der Waals surface area (Å²) in [6.45, 7) is 28.5. The van der Waals surface area contributed by atoms with Gasteiger partial charge in [-0.1, -0.05) is 142 Å². The van der Waals surface area contributed by atoms with Crippen molar-refractivity contribution in [1.29, 1.82) is 0 Å². The van der Waals surface area contributed by atoms with E-state index in [1.807, 2.05) is 11.3 Å². The Morgan fingerprint density at radius 2 is 1.23 bits per heavy atom. The number of hydrogen-bond donors (Lipinski definition) is 1. The third-order valence-corrected chi connectivity index (χ3v) is 15.5. The van der Waals surface area contributed by atoms with Gasteiger partial charge < -0.3 is 10.2 Å². The number of nitrogens with zero attached hydrogens (tertiary/aromatic N) is 1. The van der Waals surface area contributed by atoms with Crippen LogP contribution in [0.5, 0.6) is 0 Å². The van der Waals surface area contributed by atoms with Crippen LogP contribution in [0.2, 0.25) is 0 Å². The number of aryl methyl sites for hydroxylation is 2. The van der Waals surface area contributed by atoms with E-state index in [0.29, 0.717) is 0 Å². The molecule has 0 unspecified atom stereocenters. The second-order valence-electron chi connectivity index (χ2n) is 21.5. The van der Waals surface area contributed by atoms with Gasteiger partial charge >= 0.3 is 0 Å². The summed E-state index contributed by atoms with van der Waals surface area (Å²) in [5.74, 6) is 0. The van der Waals surface area contributed by atoms with Crippen LogP contribution in [0.15, 0.2) is 109 Å². The molecule has 1 N–H and O–H groups in total. The van der Waals surface area contributed by atoms with Gasteiger partial charge in [0.05, 0.1) is 5.69 Å². The number of benzene rings is 6. The smallest absolute Gasteiger partial charge is 0.264 e. The SMILES string of the molecule is Cc1ccccc1-c1ccccc1-c1c(C)cc2c3c1Nc1ccc(C(C)(C)C)cc1B3c1sc3cc4c(cc3c1N2c1ccc(C(C)(C)C)cc1)C(C)(C)CCC4(C)C. The van der Waals surface area contributed by atoms with Crippen LogP contribution in [0.25, 0.3) is 32.3 Å². The first-order valence-electron chi connectivity index (χ1n) is 22.1. The van der Waals surface area contributed by atoms with Gasteiger partial charge in [0, 0.05) is 43.2 Å². The van der Waals surface area contributed by atoms with Crippen molar-refractivity contribution < 1.29 is 0 Å². The molecule has 0 fully saturated rings. The van der Waals surface area contributed by atoms with Crippen LogP contribution in [0.1, 0.15) is 115 Å². The molecule has 2 aliphatic heterocycles. The number of nitrogens with one attached hydrogen (secondary N) is 1. The minimum atomic E-state index is 0.0117. The maximum Gasteiger partial charge on any atom is 0.264 e. The van der Waals surface area contributed by atoms with Crippen LogP contribution < -0.4 is 25.9 Å². The largest absolute Gasteiger partial charge is 0.356 e. The van der Waals surface area contributed by atoms with E-state index >= 15 is 0 Å². The average Bonchev–Trinajstić information content (AvgIpc) is 3.57. The molecular weight excluding hydrogens is 744 g/mol. The fourth-order valence-corrected chi connectivity index (χ4v) is 12.0. The lowest BCUT2D eigenvalue weighted by atomic mass is 9.36. The molecule has 302 valence electrons. The van der Waals surface area contributed by atoms with Crippen LogP contribution in [0, 0.1) is 13.8 Å². The van der Waals surface area contributed by atoms with Gasteiger partial charge in [0.25, 0.3) is 6.71 Å². The quantitative estimate of drug-likeness (QED) is 0.179. The highest BCUT2D eigenvalue weighted by molar-refractivity contribution is 7.33. The molecule has 3 heterocycles. The van der Waals surface area contributed by atoms with E-state index in [9.17, 15) is 0 Å².